The maximum atomic E-state index is 4.74. The molecule has 0 aliphatic heterocycles. The molecule has 2 nitrogen and oxygen atoms in total. The Labute approximate surface area is 203 Å². The zero-order valence-corrected chi connectivity index (χ0v) is 19.1. The molecule has 0 aliphatic rings. The molecular weight excluding hydrogens is 424 g/mol. The number of nitrogens with zero attached hydrogens (tertiary/aromatic N) is 2. The highest BCUT2D eigenvalue weighted by atomic mass is 15.0. The first-order chi connectivity index (χ1) is 17.3. The Balaban J connectivity index is 1.38. The fraction of sp³-hybridized carbons (Fsp3) is 0. The number of fused-ring (bicyclic) bond motifs is 4. The van der Waals surface area contributed by atoms with E-state index >= 15 is 0 Å². The van der Waals surface area contributed by atoms with Crippen molar-refractivity contribution in [3.8, 4) is 28.1 Å². The van der Waals surface area contributed by atoms with E-state index in [1.165, 1.54) is 44.0 Å². The summed E-state index contributed by atoms with van der Waals surface area (Å²) in [6, 6.07) is 45.3. The minimum absolute atomic E-state index is 0.993. The molecule has 0 saturated heterocycles. The van der Waals surface area contributed by atoms with E-state index in [1.54, 1.807) is 0 Å². The van der Waals surface area contributed by atoms with Gasteiger partial charge in [-0.1, -0.05) is 84.9 Å². The highest BCUT2D eigenvalue weighted by Gasteiger charge is 2.13. The van der Waals surface area contributed by atoms with Crippen molar-refractivity contribution in [3.63, 3.8) is 0 Å². The van der Waals surface area contributed by atoms with E-state index in [0.29, 0.717) is 0 Å². The number of benzene rings is 5. The molecule has 7 aromatic rings. The van der Waals surface area contributed by atoms with Crippen LogP contribution >= 0.6 is 0 Å². The third-order valence-electron chi connectivity index (χ3n) is 6.81. The van der Waals surface area contributed by atoms with Crippen LogP contribution in [0.5, 0.6) is 0 Å². The SMILES string of the molecule is c1ccc(-n2c3ccccc3c3cc(-c4cccc(-c5cc6ccccc6cn5)c4)ccc32)cc1. The van der Waals surface area contributed by atoms with Gasteiger partial charge in [0.05, 0.1) is 16.7 Å². The van der Waals surface area contributed by atoms with Crippen LogP contribution in [0.25, 0.3) is 60.6 Å². The van der Waals surface area contributed by atoms with Crippen molar-refractivity contribution in [2.75, 3.05) is 0 Å². The first kappa shape index (κ1) is 19.7. The van der Waals surface area contributed by atoms with E-state index in [2.05, 4.69) is 132 Å². The molecule has 7 rings (SSSR count). The smallest absolute Gasteiger partial charge is 0.0708 e. The van der Waals surface area contributed by atoms with Crippen molar-refractivity contribution in [1.82, 2.24) is 9.55 Å². The molecule has 0 amide bonds. The van der Waals surface area contributed by atoms with Crippen LogP contribution in [0.15, 0.2) is 134 Å². The summed E-state index contributed by atoms with van der Waals surface area (Å²) in [5, 5.41) is 4.89. The van der Waals surface area contributed by atoms with Gasteiger partial charge in [0.15, 0.2) is 0 Å². The number of hydrogen-bond acceptors (Lipinski definition) is 1. The second-order valence-electron chi connectivity index (χ2n) is 8.92. The Bertz CT molecular complexity index is 1840. The third-order valence-corrected chi connectivity index (χ3v) is 6.81. The number of rotatable bonds is 3. The standard InChI is InChI=1S/C33H22N2/c1-2-13-28(14-3-1)35-32-16-7-6-15-29(32)30-20-25(17-18-33(30)35)23-11-8-12-26(19-23)31-21-24-9-4-5-10-27(24)22-34-31/h1-22H. The van der Waals surface area contributed by atoms with Crippen molar-refractivity contribution in [2.45, 2.75) is 0 Å². The van der Waals surface area contributed by atoms with Crippen molar-refractivity contribution < 1.29 is 0 Å². The van der Waals surface area contributed by atoms with Crippen LogP contribution in [0.1, 0.15) is 0 Å². The van der Waals surface area contributed by atoms with Crippen molar-refractivity contribution in [3.05, 3.63) is 134 Å². The lowest BCUT2D eigenvalue weighted by Crippen LogP contribution is -1.92. The highest BCUT2D eigenvalue weighted by molar-refractivity contribution is 6.10. The van der Waals surface area contributed by atoms with Gasteiger partial charge in [-0.2, -0.15) is 0 Å². The van der Waals surface area contributed by atoms with Gasteiger partial charge in [0.25, 0.3) is 0 Å². The van der Waals surface area contributed by atoms with Crippen molar-refractivity contribution in [1.29, 1.82) is 0 Å². The Morgan fingerprint density at radius 2 is 1.17 bits per heavy atom. The van der Waals surface area contributed by atoms with Gasteiger partial charge in [0.2, 0.25) is 0 Å². The lowest BCUT2D eigenvalue weighted by Gasteiger charge is -2.09. The fourth-order valence-corrected chi connectivity index (χ4v) is 5.11. The number of hydrogen-bond donors (Lipinski definition) is 0. The van der Waals surface area contributed by atoms with E-state index < -0.39 is 0 Å². The average molecular weight is 447 g/mol. The molecule has 2 heteroatoms. The largest absolute Gasteiger partial charge is 0.309 e. The summed E-state index contributed by atoms with van der Waals surface area (Å²) in [7, 11) is 0. The fourth-order valence-electron chi connectivity index (χ4n) is 5.11. The Morgan fingerprint density at radius 3 is 2.09 bits per heavy atom. The van der Waals surface area contributed by atoms with Gasteiger partial charge in [-0.25, -0.2) is 0 Å². The summed E-state index contributed by atoms with van der Waals surface area (Å²) in [6.07, 6.45) is 1.96. The van der Waals surface area contributed by atoms with Crippen LogP contribution in [0.2, 0.25) is 0 Å². The molecular formula is C33H22N2. The van der Waals surface area contributed by atoms with Gasteiger partial charge in [0, 0.05) is 33.6 Å². The van der Waals surface area contributed by atoms with Gasteiger partial charge in [-0.05, 0) is 59.0 Å². The first-order valence-electron chi connectivity index (χ1n) is 11.9. The monoisotopic (exact) mass is 446 g/mol. The van der Waals surface area contributed by atoms with Gasteiger partial charge >= 0.3 is 0 Å². The van der Waals surface area contributed by atoms with Crippen molar-refractivity contribution in [2.24, 2.45) is 0 Å². The zero-order chi connectivity index (χ0) is 23.2. The van der Waals surface area contributed by atoms with Crippen LogP contribution in [0.4, 0.5) is 0 Å². The number of para-hydroxylation sites is 2. The molecule has 0 bridgehead atoms. The summed E-state index contributed by atoms with van der Waals surface area (Å²) in [5.41, 5.74) is 8.13. The van der Waals surface area contributed by atoms with E-state index in [9.17, 15) is 0 Å². The molecule has 0 spiro atoms. The minimum atomic E-state index is 0.993. The topological polar surface area (TPSA) is 17.8 Å². The van der Waals surface area contributed by atoms with Crippen LogP contribution in [0, 0.1) is 0 Å². The maximum absolute atomic E-state index is 4.74. The second-order valence-corrected chi connectivity index (χ2v) is 8.92. The van der Waals surface area contributed by atoms with E-state index in [0.717, 1.165) is 16.6 Å². The molecule has 0 aliphatic carbocycles. The summed E-state index contributed by atoms with van der Waals surface area (Å²) < 4.78 is 2.35. The van der Waals surface area contributed by atoms with Crippen LogP contribution in [-0.2, 0) is 0 Å². The molecule has 164 valence electrons. The lowest BCUT2D eigenvalue weighted by atomic mass is 9.99. The molecule has 0 N–H and O–H groups in total. The Kier molecular flexibility index (Phi) is 4.49. The third kappa shape index (κ3) is 3.31. The van der Waals surface area contributed by atoms with Gasteiger partial charge in [-0.15, -0.1) is 0 Å². The first-order valence-corrected chi connectivity index (χ1v) is 11.9. The Morgan fingerprint density at radius 1 is 0.457 bits per heavy atom. The predicted molar refractivity (Wildman–Crippen MR) is 147 cm³/mol. The zero-order valence-electron chi connectivity index (χ0n) is 19.1. The number of aromatic nitrogens is 2. The molecule has 35 heavy (non-hydrogen) atoms. The lowest BCUT2D eigenvalue weighted by molar-refractivity contribution is 1.18. The minimum Gasteiger partial charge on any atom is -0.309 e. The molecule has 0 atom stereocenters. The number of pyridine rings is 1. The summed E-state index contributed by atoms with van der Waals surface area (Å²) >= 11 is 0. The summed E-state index contributed by atoms with van der Waals surface area (Å²) in [4.78, 5) is 4.74. The molecule has 0 radical (unpaired) electrons. The van der Waals surface area contributed by atoms with Crippen LogP contribution < -0.4 is 0 Å². The maximum Gasteiger partial charge on any atom is 0.0708 e. The Hall–Kier alpha value is -4.69. The van der Waals surface area contributed by atoms with Gasteiger partial charge in [0.1, 0.15) is 0 Å². The normalized spacial score (nSPS) is 11.4. The quantitative estimate of drug-likeness (QED) is 0.265. The van der Waals surface area contributed by atoms with Crippen molar-refractivity contribution >= 4 is 32.6 Å². The molecule has 2 heterocycles. The molecule has 0 unspecified atom stereocenters. The average Bonchev–Trinajstić information content (AvgIpc) is 3.27. The van der Waals surface area contributed by atoms with E-state index in [-0.39, 0.29) is 0 Å². The van der Waals surface area contributed by atoms with Gasteiger partial charge < -0.3 is 4.57 Å². The summed E-state index contributed by atoms with van der Waals surface area (Å²) in [6.45, 7) is 0. The molecule has 0 fully saturated rings. The van der Waals surface area contributed by atoms with Crippen LogP contribution in [0.3, 0.4) is 0 Å². The van der Waals surface area contributed by atoms with Gasteiger partial charge in [-0.3, -0.25) is 4.98 Å². The van der Waals surface area contributed by atoms with Crippen LogP contribution in [-0.4, -0.2) is 9.55 Å². The molecule has 2 aromatic heterocycles. The van der Waals surface area contributed by atoms with E-state index in [1.807, 2.05) is 6.20 Å². The summed E-state index contributed by atoms with van der Waals surface area (Å²) in [5.74, 6) is 0. The highest BCUT2D eigenvalue weighted by Crippen LogP contribution is 2.35. The van der Waals surface area contributed by atoms with E-state index in [4.69, 9.17) is 4.98 Å². The second kappa shape index (κ2) is 7.96. The predicted octanol–water partition coefficient (Wildman–Crippen LogP) is 8.67. The molecule has 0 saturated carbocycles. The molecule has 5 aromatic carbocycles.